The molecule has 0 atom stereocenters. The summed E-state index contributed by atoms with van der Waals surface area (Å²) in [5.74, 6) is 2.31. The lowest BCUT2D eigenvalue weighted by Gasteiger charge is -2.18. The maximum absolute atomic E-state index is 13.7. The molecule has 6 aromatic rings. The number of fused-ring (bicyclic) bond motifs is 7. The largest absolute Gasteiger partial charge is 0.493 e. The van der Waals surface area contributed by atoms with Crippen molar-refractivity contribution < 1.29 is 18.9 Å². The van der Waals surface area contributed by atoms with E-state index in [1.165, 1.54) is 0 Å². The van der Waals surface area contributed by atoms with Crippen molar-refractivity contribution in [3.8, 4) is 45.3 Å². The Bertz CT molecular complexity index is 1980. The summed E-state index contributed by atoms with van der Waals surface area (Å²) >= 11 is 0. The summed E-state index contributed by atoms with van der Waals surface area (Å²) in [6.07, 6.45) is 0. The lowest BCUT2D eigenvalue weighted by molar-refractivity contribution is 0.174. The van der Waals surface area contributed by atoms with Gasteiger partial charge in [0.15, 0.2) is 23.0 Å². The highest BCUT2D eigenvalue weighted by atomic mass is 16.7. The summed E-state index contributed by atoms with van der Waals surface area (Å²) in [6.45, 7) is 0.101. The number of aryl methyl sites for hydroxylation is 1. The fourth-order valence-corrected chi connectivity index (χ4v) is 5.69. The van der Waals surface area contributed by atoms with Gasteiger partial charge in [-0.1, -0.05) is 54.6 Å². The summed E-state index contributed by atoms with van der Waals surface area (Å²) < 4.78 is 24.4. The van der Waals surface area contributed by atoms with Crippen LogP contribution in [-0.4, -0.2) is 25.6 Å². The quantitative estimate of drug-likeness (QED) is 0.239. The molecule has 1 aliphatic rings. The van der Waals surface area contributed by atoms with Crippen molar-refractivity contribution in [3.05, 3.63) is 95.3 Å². The van der Waals surface area contributed by atoms with Gasteiger partial charge < -0.3 is 23.5 Å². The van der Waals surface area contributed by atoms with Crippen molar-refractivity contribution in [3.63, 3.8) is 0 Å². The molecule has 0 spiro atoms. The van der Waals surface area contributed by atoms with Gasteiger partial charge in [0, 0.05) is 23.2 Å². The third-order valence-electron chi connectivity index (χ3n) is 7.60. The van der Waals surface area contributed by atoms with Crippen LogP contribution in [0.3, 0.4) is 0 Å². The van der Waals surface area contributed by atoms with E-state index in [2.05, 4.69) is 42.5 Å². The van der Waals surface area contributed by atoms with Crippen LogP contribution in [0.15, 0.2) is 89.7 Å². The van der Waals surface area contributed by atoms with Crippen LogP contribution in [0.1, 0.15) is 0 Å². The molecular formula is C33H25NO5. The molecule has 0 saturated heterocycles. The summed E-state index contributed by atoms with van der Waals surface area (Å²) in [5, 5.41) is 4.13. The summed E-state index contributed by atoms with van der Waals surface area (Å²) in [6, 6.07) is 28.8. The van der Waals surface area contributed by atoms with Crippen LogP contribution in [0.25, 0.3) is 54.7 Å². The Morgan fingerprint density at radius 1 is 0.692 bits per heavy atom. The van der Waals surface area contributed by atoms with E-state index in [-0.39, 0.29) is 12.4 Å². The molecule has 0 amide bonds. The predicted molar refractivity (Wildman–Crippen MR) is 154 cm³/mol. The van der Waals surface area contributed by atoms with E-state index in [1.807, 2.05) is 42.5 Å². The van der Waals surface area contributed by atoms with Gasteiger partial charge in [-0.05, 0) is 58.0 Å². The average molecular weight is 516 g/mol. The zero-order valence-electron chi connectivity index (χ0n) is 21.8. The summed E-state index contributed by atoms with van der Waals surface area (Å²) in [5.41, 5.74) is 5.05. The minimum atomic E-state index is -0.143. The molecule has 0 bridgehead atoms. The second kappa shape index (κ2) is 8.81. The van der Waals surface area contributed by atoms with E-state index in [0.29, 0.717) is 28.4 Å². The Hall–Kier alpha value is -4.97. The van der Waals surface area contributed by atoms with Crippen LogP contribution >= 0.6 is 0 Å². The van der Waals surface area contributed by atoms with E-state index in [4.69, 9.17) is 18.9 Å². The SMILES string of the molecule is COc1cc2c(-c3ccc(-c4ccccc4)cc3)cc3c4ccc5c(c4c(=O)n(C)c3c2cc1OC)OCO5. The molecule has 0 unspecified atom stereocenters. The normalized spacial score (nSPS) is 12.4. The van der Waals surface area contributed by atoms with Crippen LogP contribution in [0.5, 0.6) is 23.0 Å². The molecule has 0 N–H and O–H groups in total. The summed E-state index contributed by atoms with van der Waals surface area (Å²) in [7, 11) is 5.04. The number of methoxy groups -OCH3 is 2. The molecular weight excluding hydrogens is 490 g/mol. The van der Waals surface area contributed by atoms with Crippen molar-refractivity contribution in [2.24, 2.45) is 7.05 Å². The zero-order chi connectivity index (χ0) is 26.7. The number of ether oxygens (including phenoxy) is 4. The highest BCUT2D eigenvalue weighted by Crippen LogP contribution is 2.45. The molecule has 0 fully saturated rings. The second-order valence-electron chi connectivity index (χ2n) is 9.60. The zero-order valence-corrected chi connectivity index (χ0v) is 21.8. The third kappa shape index (κ3) is 3.45. The Balaban J connectivity index is 1.59. The molecule has 7 rings (SSSR count). The van der Waals surface area contributed by atoms with Gasteiger partial charge in [-0.15, -0.1) is 0 Å². The maximum atomic E-state index is 13.7. The number of benzene rings is 5. The number of pyridine rings is 1. The van der Waals surface area contributed by atoms with Gasteiger partial charge in [0.2, 0.25) is 6.79 Å². The first-order valence-corrected chi connectivity index (χ1v) is 12.7. The van der Waals surface area contributed by atoms with Crippen molar-refractivity contribution in [2.45, 2.75) is 0 Å². The van der Waals surface area contributed by atoms with Crippen LogP contribution in [0.2, 0.25) is 0 Å². The van der Waals surface area contributed by atoms with Crippen molar-refractivity contribution in [2.75, 3.05) is 21.0 Å². The van der Waals surface area contributed by atoms with E-state index in [1.54, 1.807) is 25.8 Å². The van der Waals surface area contributed by atoms with Gasteiger partial charge in [0.1, 0.15) is 0 Å². The fraction of sp³-hybridized carbons (Fsp3) is 0.121. The van der Waals surface area contributed by atoms with E-state index in [9.17, 15) is 4.79 Å². The summed E-state index contributed by atoms with van der Waals surface area (Å²) in [4.78, 5) is 13.7. The number of aromatic nitrogens is 1. The van der Waals surface area contributed by atoms with Crippen LogP contribution < -0.4 is 24.5 Å². The highest BCUT2D eigenvalue weighted by molar-refractivity contribution is 6.20. The van der Waals surface area contributed by atoms with Crippen molar-refractivity contribution in [1.82, 2.24) is 4.57 Å². The van der Waals surface area contributed by atoms with Gasteiger partial charge in [-0.3, -0.25) is 4.79 Å². The number of hydrogen-bond donors (Lipinski definition) is 0. The highest BCUT2D eigenvalue weighted by Gasteiger charge is 2.24. The number of hydrogen-bond acceptors (Lipinski definition) is 5. The molecule has 1 aromatic heterocycles. The van der Waals surface area contributed by atoms with E-state index < -0.39 is 0 Å². The molecule has 5 aromatic carbocycles. The minimum absolute atomic E-state index is 0.101. The Morgan fingerprint density at radius 2 is 1.33 bits per heavy atom. The number of nitrogens with zero attached hydrogens (tertiary/aromatic N) is 1. The standard InChI is InChI=1S/C33H25NO5/c1-34-31-25(22-13-14-27-32(39-18-38-27)30(22)33(34)35)15-23(24-16-28(36-2)29(37-3)17-26(24)31)21-11-9-20(10-12-21)19-7-5-4-6-8-19/h4-17H,18H2,1-3H3. The van der Waals surface area contributed by atoms with Gasteiger partial charge in [-0.25, -0.2) is 0 Å². The Kier molecular flexibility index (Phi) is 5.23. The molecule has 0 radical (unpaired) electrons. The Morgan fingerprint density at radius 3 is 2.05 bits per heavy atom. The average Bonchev–Trinajstić information content (AvgIpc) is 3.48. The lowest BCUT2D eigenvalue weighted by Crippen LogP contribution is -2.18. The molecule has 39 heavy (non-hydrogen) atoms. The van der Waals surface area contributed by atoms with Crippen molar-refractivity contribution in [1.29, 1.82) is 0 Å². The molecule has 6 nitrogen and oxygen atoms in total. The van der Waals surface area contributed by atoms with E-state index in [0.717, 1.165) is 49.3 Å². The lowest BCUT2D eigenvalue weighted by atomic mass is 9.91. The van der Waals surface area contributed by atoms with Crippen molar-refractivity contribution >= 4 is 32.4 Å². The molecule has 192 valence electrons. The smallest absolute Gasteiger partial charge is 0.262 e. The van der Waals surface area contributed by atoms with Crippen LogP contribution in [0, 0.1) is 0 Å². The fourth-order valence-electron chi connectivity index (χ4n) is 5.69. The molecule has 2 heterocycles. The molecule has 0 saturated carbocycles. The first kappa shape index (κ1) is 23.2. The molecule has 6 heteroatoms. The second-order valence-corrected chi connectivity index (χ2v) is 9.60. The Labute approximate surface area is 224 Å². The first-order valence-electron chi connectivity index (χ1n) is 12.7. The van der Waals surface area contributed by atoms with Gasteiger partial charge >= 0.3 is 0 Å². The van der Waals surface area contributed by atoms with Crippen LogP contribution in [-0.2, 0) is 7.05 Å². The molecule has 1 aliphatic heterocycles. The maximum Gasteiger partial charge on any atom is 0.262 e. The molecule has 0 aliphatic carbocycles. The van der Waals surface area contributed by atoms with E-state index >= 15 is 0 Å². The third-order valence-corrected chi connectivity index (χ3v) is 7.60. The number of rotatable bonds is 4. The predicted octanol–water partition coefficient (Wildman–Crippen LogP) is 6.92. The minimum Gasteiger partial charge on any atom is -0.493 e. The topological polar surface area (TPSA) is 58.9 Å². The monoisotopic (exact) mass is 515 g/mol. The van der Waals surface area contributed by atoms with Gasteiger partial charge in [0.05, 0.1) is 25.1 Å². The first-order chi connectivity index (χ1) is 19.1. The van der Waals surface area contributed by atoms with Crippen LogP contribution in [0.4, 0.5) is 0 Å². The van der Waals surface area contributed by atoms with Gasteiger partial charge in [-0.2, -0.15) is 0 Å². The van der Waals surface area contributed by atoms with Gasteiger partial charge in [0.25, 0.3) is 5.56 Å².